The van der Waals surface area contributed by atoms with E-state index in [4.69, 9.17) is 4.74 Å². The van der Waals surface area contributed by atoms with Crippen LogP contribution in [-0.4, -0.2) is 53.3 Å². The molecule has 0 bridgehead atoms. The van der Waals surface area contributed by atoms with Crippen LogP contribution in [0.3, 0.4) is 0 Å². The van der Waals surface area contributed by atoms with E-state index in [9.17, 15) is 4.79 Å². The molecule has 0 aromatic carbocycles. The van der Waals surface area contributed by atoms with Crippen molar-refractivity contribution in [1.29, 1.82) is 0 Å². The zero-order valence-corrected chi connectivity index (χ0v) is 11.7. The van der Waals surface area contributed by atoms with E-state index in [1.807, 2.05) is 25.0 Å². The van der Waals surface area contributed by atoms with E-state index in [1.165, 1.54) is 11.8 Å². The number of carbonyl (C=O) groups is 1. The fourth-order valence-electron chi connectivity index (χ4n) is 2.00. The second-order valence-electron chi connectivity index (χ2n) is 4.15. The second-order valence-corrected chi connectivity index (χ2v) is 4.94. The SMILES string of the molecule is CSc1nc(C)nc(C)c1C(=O)N1CCOCC1. The zero-order valence-electron chi connectivity index (χ0n) is 10.9. The lowest BCUT2D eigenvalue weighted by Crippen LogP contribution is -2.41. The van der Waals surface area contributed by atoms with Gasteiger partial charge in [0.25, 0.3) is 5.91 Å². The van der Waals surface area contributed by atoms with Crippen molar-refractivity contribution in [2.24, 2.45) is 0 Å². The van der Waals surface area contributed by atoms with Crippen molar-refractivity contribution in [3.8, 4) is 0 Å². The first-order valence-corrected chi connectivity index (χ1v) is 7.12. The van der Waals surface area contributed by atoms with Crippen molar-refractivity contribution < 1.29 is 9.53 Å². The van der Waals surface area contributed by atoms with Gasteiger partial charge in [0.2, 0.25) is 0 Å². The number of carbonyl (C=O) groups excluding carboxylic acids is 1. The molecule has 0 unspecified atom stereocenters. The smallest absolute Gasteiger partial charge is 0.258 e. The Balaban J connectivity index is 2.34. The maximum atomic E-state index is 12.5. The molecule has 0 atom stereocenters. The van der Waals surface area contributed by atoms with Crippen molar-refractivity contribution in [3.05, 3.63) is 17.1 Å². The summed E-state index contributed by atoms with van der Waals surface area (Å²) in [4.78, 5) is 22.9. The molecule has 1 aliphatic heterocycles. The molecule has 6 heteroatoms. The number of rotatable bonds is 2. The van der Waals surface area contributed by atoms with Gasteiger partial charge in [0.15, 0.2) is 0 Å². The highest BCUT2D eigenvalue weighted by Gasteiger charge is 2.24. The van der Waals surface area contributed by atoms with Gasteiger partial charge in [-0.3, -0.25) is 4.79 Å². The standard InChI is InChI=1S/C12H17N3O2S/c1-8-10(11(18-3)14-9(2)13-8)12(16)15-4-6-17-7-5-15/h4-7H2,1-3H3. The number of morpholine rings is 1. The number of thioether (sulfide) groups is 1. The van der Waals surface area contributed by atoms with E-state index in [2.05, 4.69) is 9.97 Å². The van der Waals surface area contributed by atoms with Crippen molar-refractivity contribution in [1.82, 2.24) is 14.9 Å². The second kappa shape index (κ2) is 5.67. The fourth-order valence-corrected chi connectivity index (χ4v) is 2.66. The van der Waals surface area contributed by atoms with Gasteiger partial charge >= 0.3 is 0 Å². The van der Waals surface area contributed by atoms with Gasteiger partial charge in [-0.2, -0.15) is 0 Å². The molecule has 1 aromatic heterocycles. The number of aryl methyl sites for hydroxylation is 2. The third-order valence-electron chi connectivity index (χ3n) is 2.87. The van der Waals surface area contributed by atoms with Gasteiger partial charge in [0, 0.05) is 13.1 Å². The lowest BCUT2D eigenvalue weighted by molar-refractivity contribution is 0.0299. The van der Waals surface area contributed by atoms with Gasteiger partial charge in [-0.05, 0) is 20.1 Å². The van der Waals surface area contributed by atoms with Crippen LogP contribution >= 0.6 is 11.8 Å². The van der Waals surface area contributed by atoms with E-state index in [1.54, 1.807) is 0 Å². The molecule has 2 rings (SSSR count). The number of aromatic nitrogens is 2. The quantitative estimate of drug-likeness (QED) is 0.597. The van der Waals surface area contributed by atoms with Crippen molar-refractivity contribution in [2.45, 2.75) is 18.9 Å². The predicted molar refractivity (Wildman–Crippen MR) is 70.0 cm³/mol. The van der Waals surface area contributed by atoms with Gasteiger partial charge in [-0.15, -0.1) is 11.8 Å². The maximum Gasteiger partial charge on any atom is 0.258 e. The molecule has 0 N–H and O–H groups in total. The van der Waals surface area contributed by atoms with Crippen LogP contribution in [0, 0.1) is 13.8 Å². The average molecular weight is 267 g/mol. The van der Waals surface area contributed by atoms with E-state index in [0.717, 1.165) is 10.7 Å². The molecular formula is C12H17N3O2S. The van der Waals surface area contributed by atoms with Crippen LogP contribution in [0.5, 0.6) is 0 Å². The van der Waals surface area contributed by atoms with E-state index < -0.39 is 0 Å². The average Bonchev–Trinajstić information content (AvgIpc) is 2.38. The molecule has 2 heterocycles. The first-order chi connectivity index (χ1) is 8.63. The summed E-state index contributed by atoms with van der Waals surface area (Å²) in [6.45, 7) is 6.19. The molecule has 1 amide bonds. The van der Waals surface area contributed by atoms with Crippen LogP contribution in [0.2, 0.25) is 0 Å². The molecule has 0 saturated carbocycles. The van der Waals surface area contributed by atoms with Crippen LogP contribution in [0.25, 0.3) is 0 Å². The summed E-state index contributed by atoms with van der Waals surface area (Å²) in [5.41, 5.74) is 1.39. The molecule has 1 aromatic rings. The van der Waals surface area contributed by atoms with Crippen LogP contribution in [0.4, 0.5) is 0 Å². The Hall–Kier alpha value is -1.14. The topological polar surface area (TPSA) is 55.3 Å². The molecule has 1 saturated heterocycles. The van der Waals surface area contributed by atoms with Gasteiger partial charge in [0.05, 0.1) is 24.5 Å². The fraction of sp³-hybridized carbons (Fsp3) is 0.583. The van der Waals surface area contributed by atoms with Crippen molar-refractivity contribution in [3.63, 3.8) is 0 Å². The highest BCUT2D eigenvalue weighted by Crippen LogP contribution is 2.22. The lowest BCUT2D eigenvalue weighted by Gasteiger charge is -2.27. The third kappa shape index (κ3) is 2.64. The Morgan fingerprint density at radius 2 is 1.94 bits per heavy atom. The number of amides is 1. The summed E-state index contributed by atoms with van der Waals surface area (Å²) in [5.74, 6) is 0.718. The minimum absolute atomic E-state index is 0.0140. The number of hydrogen-bond acceptors (Lipinski definition) is 5. The van der Waals surface area contributed by atoms with Crippen LogP contribution in [0.15, 0.2) is 5.03 Å². The molecule has 0 aliphatic carbocycles. The molecule has 98 valence electrons. The highest BCUT2D eigenvalue weighted by molar-refractivity contribution is 7.98. The van der Waals surface area contributed by atoms with E-state index >= 15 is 0 Å². The Kier molecular flexibility index (Phi) is 4.19. The first kappa shape index (κ1) is 13.3. The van der Waals surface area contributed by atoms with Gasteiger partial charge in [-0.1, -0.05) is 0 Å². The molecule has 18 heavy (non-hydrogen) atoms. The first-order valence-electron chi connectivity index (χ1n) is 5.89. The van der Waals surface area contributed by atoms with Crippen LogP contribution in [-0.2, 0) is 4.74 Å². The molecule has 0 radical (unpaired) electrons. The highest BCUT2D eigenvalue weighted by atomic mass is 32.2. The Morgan fingerprint density at radius 3 is 2.56 bits per heavy atom. The van der Waals surface area contributed by atoms with Crippen molar-refractivity contribution in [2.75, 3.05) is 32.6 Å². The van der Waals surface area contributed by atoms with Gasteiger partial charge in [0.1, 0.15) is 10.9 Å². The predicted octanol–water partition coefficient (Wildman–Crippen LogP) is 1.29. The van der Waals surface area contributed by atoms with Gasteiger partial charge < -0.3 is 9.64 Å². The lowest BCUT2D eigenvalue weighted by atomic mass is 10.2. The maximum absolute atomic E-state index is 12.5. The number of nitrogens with zero attached hydrogens (tertiary/aromatic N) is 3. The van der Waals surface area contributed by atoms with Crippen molar-refractivity contribution >= 4 is 17.7 Å². The molecule has 1 fully saturated rings. The molecule has 5 nitrogen and oxygen atoms in total. The number of hydrogen-bond donors (Lipinski definition) is 0. The summed E-state index contributed by atoms with van der Waals surface area (Å²) in [6, 6.07) is 0. The van der Waals surface area contributed by atoms with Crippen LogP contribution in [0.1, 0.15) is 21.9 Å². The van der Waals surface area contributed by atoms with E-state index in [0.29, 0.717) is 37.7 Å². The molecule has 1 aliphatic rings. The number of ether oxygens (including phenoxy) is 1. The summed E-state index contributed by atoms with van der Waals surface area (Å²) >= 11 is 1.49. The summed E-state index contributed by atoms with van der Waals surface area (Å²) < 4.78 is 5.26. The summed E-state index contributed by atoms with van der Waals surface area (Å²) in [7, 11) is 0. The Labute approximate surface area is 111 Å². The largest absolute Gasteiger partial charge is 0.378 e. The Bertz CT molecular complexity index is 459. The van der Waals surface area contributed by atoms with Crippen LogP contribution < -0.4 is 0 Å². The van der Waals surface area contributed by atoms with E-state index in [-0.39, 0.29) is 5.91 Å². The molecule has 0 spiro atoms. The normalized spacial score (nSPS) is 15.8. The summed E-state index contributed by atoms with van der Waals surface area (Å²) in [5, 5.41) is 0.761. The minimum atomic E-state index is 0.0140. The zero-order chi connectivity index (χ0) is 13.1. The third-order valence-corrected chi connectivity index (χ3v) is 3.56. The van der Waals surface area contributed by atoms with Gasteiger partial charge in [-0.25, -0.2) is 9.97 Å². The Morgan fingerprint density at radius 1 is 1.28 bits per heavy atom. The minimum Gasteiger partial charge on any atom is -0.378 e. The monoisotopic (exact) mass is 267 g/mol. The summed E-state index contributed by atoms with van der Waals surface area (Å²) in [6.07, 6.45) is 1.93. The molecular weight excluding hydrogens is 250 g/mol.